The van der Waals surface area contributed by atoms with Gasteiger partial charge in [0.15, 0.2) is 5.16 Å². The standard InChI is InChI=1S/C12H21N5OS/c1-8(2)17-10(6-13)14-15-12(17)19-7-11(18)16(3)9-4-5-9/h8-9H,4-7,13H2,1-3H3. The molecule has 0 unspecified atom stereocenters. The topological polar surface area (TPSA) is 77.0 Å². The first kappa shape index (κ1) is 14.3. The molecule has 6 nitrogen and oxygen atoms in total. The molecule has 1 fully saturated rings. The highest BCUT2D eigenvalue weighted by Crippen LogP contribution is 2.27. The van der Waals surface area contributed by atoms with Crippen molar-refractivity contribution >= 4 is 17.7 Å². The number of hydrogen-bond acceptors (Lipinski definition) is 5. The van der Waals surface area contributed by atoms with Crippen molar-refractivity contribution in [2.45, 2.75) is 50.5 Å². The van der Waals surface area contributed by atoms with Gasteiger partial charge in [0.1, 0.15) is 5.82 Å². The molecule has 2 N–H and O–H groups in total. The van der Waals surface area contributed by atoms with Crippen LogP contribution in [0, 0.1) is 0 Å². The molecule has 0 radical (unpaired) electrons. The zero-order valence-corrected chi connectivity index (χ0v) is 12.5. The van der Waals surface area contributed by atoms with Crippen LogP contribution in [0.4, 0.5) is 0 Å². The molecule has 0 bridgehead atoms. The molecule has 19 heavy (non-hydrogen) atoms. The Labute approximate surface area is 117 Å². The lowest BCUT2D eigenvalue weighted by molar-refractivity contribution is -0.127. The summed E-state index contributed by atoms with van der Waals surface area (Å²) in [6, 6.07) is 0.697. The molecule has 1 heterocycles. The van der Waals surface area contributed by atoms with Crippen LogP contribution in [-0.4, -0.2) is 44.4 Å². The van der Waals surface area contributed by atoms with Gasteiger partial charge in [0.2, 0.25) is 5.91 Å². The van der Waals surface area contributed by atoms with Crippen LogP contribution in [0.3, 0.4) is 0 Å². The number of carbonyl (C=O) groups is 1. The molecule has 2 rings (SSSR count). The summed E-state index contributed by atoms with van der Waals surface area (Å²) in [4.78, 5) is 13.8. The first-order valence-corrected chi connectivity index (χ1v) is 7.55. The lowest BCUT2D eigenvalue weighted by Crippen LogP contribution is -2.30. The summed E-state index contributed by atoms with van der Waals surface area (Å²) in [6.45, 7) is 4.48. The van der Waals surface area contributed by atoms with E-state index in [1.165, 1.54) is 11.8 Å². The van der Waals surface area contributed by atoms with Gasteiger partial charge >= 0.3 is 0 Å². The fourth-order valence-electron chi connectivity index (χ4n) is 1.96. The summed E-state index contributed by atoms with van der Waals surface area (Å²) in [6.07, 6.45) is 2.26. The number of nitrogens with zero attached hydrogens (tertiary/aromatic N) is 4. The molecule has 7 heteroatoms. The summed E-state index contributed by atoms with van der Waals surface area (Å²) in [5.74, 6) is 1.32. The summed E-state index contributed by atoms with van der Waals surface area (Å²) >= 11 is 1.44. The Morgan fingerprint density at radius 1 is 1.53 bits per heavy atom. The normalized spacial score (nSPS) is 15.0. The van der Waals surface area contributed by atoms with E-state index in [2.05, 4.69) is 24.0 Å². The van der Waals surface area contributed by atoms with Gasteiger partial charge in [0, 0.05) is 19.1 Å². The fourth-order valence-corrected chi connectivity index (χ4v) is 2.97. The third-order valence-corrected chi connectivity index (χ3v) is 4.17. The highest BCUT2D eigenvalue weighted by molar-refractivity contribution is 7.99. The van der Waals surface area contributed by atoms with Gasteiger partial charge in [0.25, 0.3) is 0 Å². The molecule has 106 valence electrons. The van der Waals surface area contributed by atoms with E-state index in [1.807, 2.05) is 16.5 Å². The quantitative estimate of drug-likeness (QED) is 0.789. The van der Waals surface area contributed by atoms with E-state index in [4.69, 9.17) is 5.73 Å². The number of thioether (sulfide) groups is 1. The van der Waals surface area contributed by atoms with Crippen LogP contribution in [-0.2, 0) is 11.3 Å². The molecule has 1 aromatic rings. The summed E-state index contributed by atoms with van der Waals surface area (Å²) in [5, 5.41) is 8.96. The Morgan fingerprint density at radius 3 is 2.74 bits per heavy atom. The molecule has 1 saturated carbocycles. The van der Waals surface area contributed by atoms with Crippen molar-refractivity contribution in [3.63, 3.8) is 0 Å². The third-order valence-electron chi connectivity index (χ3n) is 3.25. The average molecular weight is 283 g/mol. The second-order valence-corrected chi connectivity index (χ2v) is 6.03. The Kier molecular flexibility index (Phi) is 4.46. The summed E-state index contributed by atoms with van der Waals surface area (Å²) in [7, 11) is 1.87. The van der Waals surface area contributed by atoms with Crippen LogP contribution >= 0.6 is 11.8 Å². The van der Waals surface area contributed by atoms with Gasteiger partial charge in [0.05, 0.1) is 12.3 Å². The number of amides is 1. The summed E-state index contributed by atoms with van der Waals surface area (Å²) in [5.41, 5.74) is 5.65. The SMILES string of the molecule is CC(C)n1c(CN)nnc1SCC(=O)N(C)C1CC1. The maximum Gasteiger partial charge on any atom is 0.233 e. The van der Waals surface area contributed by atoms with Gasteiger partial charge < -0.3 is 15.2 Å². The van der Waals surface area contributed by atoms with Crippen molar-refractivity contribution in [3.8, 4) is 0 Å². The van der Waals surface area contributed by atoms with Crippen LogP contribution in [0.25, 0.3) is 0 Å². The zero-order chi connectivity index (χ0) is 14.0. The van der Waals surface area contributed by atoms with Gasteiger partial charge in [-0.1, -0.05) is 11.8 Å². The highest BCUT2D eigenvalue weighted by atomic mass is 32.2. The average Bonchev–Trinajstić information content (AvgIpc) is 3.14. The predicted octanol–water partition coefficient (Wildman–Crippen LogP) is 1.03. The van der Waals surface area contributed by atoms with Gasteiger partial charge in [-0.25, -0.2) is 0 Å². The lowest BCUT2D eigenvalue weighted by atomic mass is 10.4. The highest BCUT2D eigenvalue weighted by Gasteiger charge is 2.29. The molecule has 1 aliphatic rings. The van der Waals surface area contributed by atoms with Gasteiger partial charge in [-0.2, -0.15) is 0 Å². The van der Waals surface area contributed by atoms with Crippen molar-refractivity contribution in [1.82, 2.24) is 19.7 Å². The predicted molar refractivity (Wildman–Crippen MR) is 74.8 cm³/mol. The molecule has 1 aromatic heterocycles. The second-order valence-electron chi connectivity index (χ2n) is 5.09. The van der Waals surface area contributed by atoms with Crippen molar-refractivity contribution in [3.05, 3.63) is 5.82 Å². The maximum absolute atomic E-state index is 12.0. The Hall–Kier alpha value is -1.08. The smallest absolute Gasteiger partial charge is 0.233 e. The number of carbonyl (C=O) groups excluding carboxylic acids is 1. The lowest BCUT2D eigenvalue weighted by Gasteiger charge is -2.16. The van der Waals surface area contributed by atoms with Crippen LogP contribution in [0.15, 0.2) is 5.16 Å². The molecule has 0 spiro atoms. The van der Waals surface area contributed by atoms with Crippen molar-refractivity contribution < 1.29 is 4.79 Å². The van der Waals surface area contributed by atoms with E-state index in [1.54, 1.807) is 0 Å². The number of rotatable bonds is 6. The minimum Gasteiger partial charge on any atom is -0.342 e. The minimum atomic E-state index is 0.153. The van der Waals surface area contributed by atoms with Gasteiger partial charge in [-0.3, -0.25) is 4.79 Å². The second kappa shape index (κ2) is 5.92. The first-order valence-electron chi connectivity index (χ1n) is 6.57. The molecule has 1 aliphatic carbocycles. The Morgan fingerprint density at radius 2 is 2.21 bits per heavy atom. The van der Waals surface area contributed by atoms with Gasteiger partial charge in [-0.15, -0.1) is 10.2 Å². The largest absolute Gasteiger partial charge is 0.342 e. The maximum atomic E-state index is 12.0. The van der Waals surface area contributed by atoms with Crippen molar-refractivity contribution in [2.24, 2.45) is 5.73 Å². The van der Waals surface area contributed by atoms with Gasteiger partial charge in [-0.05, 0) is 26.7 Å². The Bertz CT molecular complexity index is 455. The van der Waals surface area contributed by atoms with Crippen molar-refractivity contribution in [1.29, 1.82) is 0 Å². The van der Waals surface area contributed by atoms with E-state index in [-0.39, 0.29) is 11.9 Å². The molecular formula is C12H21N5OS. The molecule has 0 aromatic carbocycles. The molecular weight excluding hydrogens is 262 g/mol. The van der Waals surface area contributed by atoms with E-state index >= 15 is 0 Å². The third kappa shape index (κ3) is 3.27. The van der Waals surface area contributed by atoms with E-state index < -0.39 is 0 Å². The molecule has 0 atom stereocenters. The first-order chi connectivity index (χ1) is 9.04. The zero-order valence-electron chi connectivity index (χ0n) is 11.7. The van der Waals surface area contributed by atoms with Crippen molar-refractivity contribution in [2.75, 3.05) is 12.8 Å². The number of hydrogen-bond donors (Lipinski definition) is 1. The van der Waals surface area contributed by atoms with Crippen LogP contribution in [0.5, 0.6) is 0 Å². The van der Waals surface area contributed by atoms with E-state index in [9.17, 15) is 4.79 Å². The van der Waals surface area contributed by atoms with Crippen LogP contribution < -0.4 is 5.73 Å². The summed E-state index contributed by atoms with van der Waals surface area (Å²) < 4.78 is 2.00. The molecule has 1 amide bonds. The number of aromatic nitrogens is 3. The minimum absolute atomic E-state index is 0.153. The molecule has 0 aliphatic heterocycles. The van der Waals surface area contributed by atoms with Crippen LogP contribution in [0.2, 0.25) is 0 Å². The van der Waals surface area contributed by atoms with E-state index in [0.29, 0.717) is 18.3 Å². The van der Waals surface area contributed by atoms with E-state index in [0.717, 1.165) is 23.8 Å². The van der Waals surface area contributed by atoms with Crippen LogP contribution in [0.1, 0.15) is 38.6 Å². The Balaban J connectivity index is 1.98. The fraction of sp³-hybridized carbons (Fsp3) is 0.750. The monoisotopic (exact) mass is 283 g/mol. The molecule has 0 saturated heterocycles. The number of nitrogens with two attached hydrogens (primary N) is 1.